The average Bonchev–Trinajstić information content (AvgIpc) is 2.27. The van der Waals surface area contributed by atoms with E-state index < -0.39 is 0 Å². The summed E-state index contributed by atoms with van der Waals surface area (Å²) in [7, 11) is 0. The lowest BCUT2D eigenvalue weighted by molar-refractivity contribution is 0.0989. The van der Waals surface area contributed by atoms with Crippen LogP contribution >= 0.6 is 0 Å². The Bertz CT molecular complexity index is 471. The molecule has 1 aromatic heterocycles. The normalized spacial score (nSPS) is 10.4. The Morgan fingerprint density at radius 1 is 1.29 bits per heavy atom. The number of pyridine rings is 1. The molecule has 2 nitrogen and oxygen atoms in total. The van der Waals surface area contributed by atoms with Crippen molar-refractivity contribution in [1.29, 1.82) is 0 Å². The van der Waals surface area contributed by atoms with Gasteiger partial charge in [0.1, 0.15) is 0 Å². The van der Waals surface area contributed by atoms with Crippen molar-refractivity contribution < 1.29 is 4.79 Å². The Morgan fingerprint density at radius 2 is 2.07 bits per heavy atom. The highest BCUT2D eigenvalue weighted by Gasteiger charge is 2.07. The number of hydrogen-bond donors (Lipinski definition) is 0. The number of hydrogen-bond acceptors (Lipinski definition) is 2. The minimum atomic E-state index is 0.170. The van der Waals surface area contributed by atoms with Crippen LogP contribution in [-0.2, 0) is 0 Å². The maximum absolute atomic E-state index is 11.6. The molecule has 0 radical (unpaired) electrons. The van der Waals surface area contributed by atoms with E-state index in [-0.39, 0.29) is 5.78 Å². The van der Waals surface area contributed by atoms with Crippen molar-refractivity contribution in [2.45, 2.75) is 13.3 Å². The summed E-state index contributed by atoms with van der Waals surface area (Å²) in [6.07, 6.45) is 2.22. The van der Waals surface area contributed by atoms with Gasteiger partial charge in [-0.3, -0.25) is 9.78 Å². The van der Waals surface area contributed by atoms with Gasteiger partial charge in [0, 0.05) is 23.6 Å². The summed E-state index contributed by atoms with van der Waals surface area (Å²) in [5, 5.41) is 0.946. The van der Waals surface area contributed by atoms with Gasteiger partial charge >= 0.3 is 0 Å². The van der Waals surface area contributed by atoms with Crippen molar-refractivity contribution in [3.8, 4) is 0 Å². The Kier molecular flexibility index (Phi) is 2.27. The molecule has 2 aromatic rings. The third-order valence-electron chi connectivity index (χ3n) is 2.27. The molecule has 0 aliphatic carbocycles. The van der Waals surface area contributed by atoms with Crippen LogP contribution < -0.4 is 0 Å². The summed E-state index contributed by atoms with van der Waals surface area (Å²) >= 11 is 0. The summed E-state index contributed by atoms with van der Waals surface area (Å²) < 4.78 is 0. The zero-order valence-electron chi connectivity index (χ0n) is 8.03. The molecule has 0 amide bonds. The van der Waals surface area contributed by atoms with Gasteiger partial charge in [-0.1, -0.05) is 25.1 Å². The molecule has 70 valence electrons. The van der Waals surface area contributed by atoms with E-state index in [0.29, 0.717) is 6.42 Å². The number of fused-ring (bicyclic) bond motifs is 1. The van der Waals surface area contributed by atoms with Crippen LogP contribution in [0.3, 0.4) is 0 Å². The quantitative estimate of drug-likeness (QED) is 0.673. The molecule has 0 saturated carbocycles. The van der Waals surface area contributed by atoms with E-state index in [9.17, 15) is 4.79 Å². The molecule has 0 atom stereocenters. The molecule has 0 unspecified atom stereocenters. The molecule has 1 aromatic carbocycles. The summed E-state index contributed by atoms with van der Waals surface area (Å²) in [6, 6.07) is 9.49. The van der Waals surface area contributed by atoms with Crippen molar-refractivity contribution in [3.05, 3.63) is 42.1 Å². The first-order valence-electron chi connectivity index (χ1n) is 4.70. The lowest BCUT2D eigenvalue weighted by atomic mass is 10.0. The summed E-state index contributed by atoms with van der Waals surface area (Å²) in [4.78, 5) is 15.8. The van der Waals surface area contributed by atoms with Gasteiger partial charge in [0.15, 0.2) is 5.78 Å². The topological polar surface area (TPSA) is 30.0 Å². The van der Waals surface area contributed by atoms with Crippen molar-refractivity contribution in [2.24, 2.45) is 0 Å². The SMILES string of the molecule is CCC(=O)c1ccnc2ccccc12. The Hall–Kier alpha value is -1.70. The zero-order valence-corrected chi connectivity index (χ0v) is 8.03. The van der Waals surface area contributed by atoms with Gasteiger partial charge in [0.2, 0.25) is 0 Å². The monoisotopic (exact) mass is 185 g/mol. The Labute approximate surface area is 82.6 Å². The van der Waals surface area contributed by atoms with E-state index in [1.807, 2.05) is 31.2 Å². The van der Waals surface area contributed by atoms with Crippen LogP contribution in [0, 0.1) is 0 Å². The van der Waals surface area contributed by atoms with Crippen molar-refractivity contribution in [1.82, 2.24) is 4.98 Å². The number of Topliss-reactive ketones (excluding diaryl/α,β-unsaturated/α-hetero) is 1. The smallest absolute Gasteiger partial charge is 0.163 e. The summed E-state index contributed by atoms with van der Waals surface area (Å²) in [6.45, 7) is 1.87. The van der Waals surface area contributed by atoms with E-state index in [4.69, 9.17) is 0 Å². The second-order valence-electron chi connectivity index (χ2n) is 3.15. The first-order valence-corrected chi connectivity index (χ1v) is 4.70. The standard InChI is InChI=1S/C12H11NO/c1-2-12(14)10-7-8-13-11-6-4-3-5-9(10)11/h3-8H,2H2,1H3. The second-order valence-corrected chi connectivity index (χ2v) is 3.15. The minimum absolute atomic E-state index is 0.170. The van der Waals surface area contributed by atoms with Gasteiger partial charge in [-0.25, -0.2) is 0 Å². The lowest BCUT2D eigenvalue weighted by Crippen LogP contribution is -1.98. The summed E-state index contributed by atoms with van der Waals surface area (Å²) in [5.74, 6) is 0.170. The highest BCUT2D eigenvalue weighted by atomic mass is 16.1. The number of carbonyl (C=O) groups is 1. The van der Waals surface area contributed by atoms with Gasteiger partial charge in [-0.15, -0.1) is 0 Å². The van der Waals surface area contributed by atoms with Crippen LogP contribution in [0.1, 0.15) is 23.7 Å². The number of carbonyl (C=O) groups excluding carboxylic acids is 1. The largest absolute Gasteiger partial charge is 0.294 e. The van der Waals surface area contributed by atoms with Gasteiger partial charge in [-0.2, -0.15) is 0 Å². The van der Waals surface area contributed by atoms with Gasteiger partial charge < -0.3 is 0 Å². The third kappa shape index (κ3) is 1.39. The maximum Gasteiger partial charge on any atom is 0.163 e. The predicted molar refractivity (Wildman–Crippen MR) is 56.4 cm³/mol. The number of aromatic nitrogens is 1. The number of nitrogens with zero attached hydrogens (tertiary/aromatic N) is 1. The van der Waals surface area contributed by atoms with Crippen LogP contribution in [0.25, 0.3) is 10.9 Å². The van der Waals surface area contributed by atoms with Crippen molar-refractivity contribution in [3.63, 3.8) is 0 Å². The van der Waals surface area contributed by atoms with E-state index in [0.717, 1.165) is 16.5 Å². The third-order valence-corrected chi connectivity index (χ3v) is 2.27. The fourth-order valence-electron chi connectivity index (χ4n) is 1.53. The zero-order chi connectivity index (χ0) is 9.97. The number of rotatable bonds is 2. The highest BCUT2D eigenvalue weighted by molar-refractivity contribution is 6.06. The first kappa shape index (κ1) is 8.88. The average molecular weight is 185 g/mol. The summed E-state index contributed by atoms with van der Waals surface area (Å²) in [5.41, 5.74) is 1.66. The van der Waals surface area contributed by atoms with Crippen LogP contribution in [0.5, 0.6) is 0 Å². The molecule has 14 heavy (non-hydrogen) atoms. The van der Waals surface area contributed by atoms with Crippen LogP contribution in [-0.4, -0.2) is 10.8 Å². The Balaban J connectivity index is 2.71. The first-order chi connectivity index (χ1) is 6.83. The van der Waals surface area contributed by atoms with Gasteiger partial charge in [0.05, 0.1) is 5.52 Å². The lowest BCUT2D eigenvalue weighted by Gasteiger charge is -2.02. The molecule has 0 fully saturated rings. The van der Waals surface area contributed by atoms with E-state index in [2.05, 4.69) is 4.98 Å². The second kappa shape index (κ2) is 3.58. The molecule has 2 heteroatoms. The molecule has 0 aliphatic rings. The molecule has 0 N–H and O–H groups in total. The van der Waals surface area contributed by atoms with E-state index in [1.54, 1.807) is 12.3 Å². The van der Waals surface area contributed by atoms with E-state index >= 15 is 0 Å². The fourth-order valence-corrected chi connectivity index (χ4v) is 1.53. The fraction of sp³-hybridized carbons (Fsp3) is 0.167. The molecule has 0 saturated heterocycles. The van der Waals surface area contributed by atoms with Gasteiger partial charge in [-0.05, 0) is 12.1 Å². The molecular formula is C12H11NO. The van der Waals surface area contributed by atoms with Crippen molar-refractivity contribution >= 4 is 16.7 Å². The molecular weight excluding hydrogens is 174 g/mol. The van der Waals surface area contributed by atoms with E-state index in [1.165, 1.54) is 0 Å². The van der Waals surface area contributed by atoms with Crippen molar-refractivity contribution in [2.75, 3.05) is 0 Å². The van der Waals surface area contributed by atoms with Crippen LogP contribution in [0.15, 0.2) is 36.5 Å². The number of benzene rings is 1. The van der Waals surface area contributed by atoms with Crippen LogP contribution in [0.2, 0.25) is 0 Å². The molecule has 2 rings (SSSR count). The molecule has 0 aliphatic heterocycles. The Morgan fingerprint density at radius 3 is 2.86 bits per heavy atom. The highest BCUT2D eigenvalue weighted by Crippen LogP contribution is 2.17. The van der Waals surface area contributed by atoms with Gasteiger partial charge in [0.25, 0.3) is 0 Å². The minimum Gasteiger partial charge on any atom is -0.294 e. The predicted octanol–water partition coefficient (Wildman–Crippen LogP) is 2.83. The molecule has 0 spiro atoms. The molecule has 1 heterocycles. The van der Waals surface area contributed by atoms with Crippen LogP contribution in [0.4, 0.5) is 0 Å². The number of para-hydroxylation sites is 1. The number of ketones is 1. The maximum atomic E-state index is 11.6. The molecule has 0 bridgehead atoms.